The number of piperidine rings is 1. The molecular weight excluding hydrogens is 294 g/mol. The number of primary sulfonamides is 1. The summed E-state index contributed by atoms with van der Waals surface area (Å²) in [4.78, 5) is 11.7. The highest BCUT2D eigenvalue weighted by atomic mass is 32.2. The van der Waals surface area contributed by atoms with Gasteiger partial charge in [-0.3, -0.25) is 4.79 Å². The van der Waals surface area contributed by atoms with Gasteiger partial charge in [-0.25, -0.2) is 13.6 Å². The van der Waals surface area contributed by atoms with Gasteiger partial charge in [0.25, 0.3) is 0 Å². The number of carbonyl (C=O) groups excluding carboxylic acids is 1. The molecule has 1 aromatic rings. The van der Waals surface area contributed by atoms with Crippen LogP contribution in [0.4, 0.5) is 5.69 Å². The normalized spacial score (nSPS) is 16.6. The van der Waals surface area contributed by atoms with Crippen LogP contribution in [0.15, 0.2) is 29.2 Å². The Morgan fingerprint density at radius 3 is 2.76 bits per heavy atom. The van der Waals surface area contributed by atoms with Gasteiger partial charge in [0, 0.05) is 5.69 Å². The zero-order valence-corrected chi connectivity index (χ0v) is 12.4. The number of nitrogens with two attached hydrogens (primary N) is 1. The van der Waals surface area contributed by atoms with Crippen molar-refractivity contribution >= 4 is 21.6 Å². The maximum absolute atomic E-state index is 11.8. The van der Waals surface area contributed by atoms with Crippen molar-refractivity contribution in [3.8, 4) is 0 Å². The molecule has 0 saturated carbocycles. The Hall–Kier alpha value is -1.48. The van der Waals surface area contributed by atoms with Crippen molar-refractivity contribution in [3.63, 3.8) is 0 Å². The number of rotatable bonds is 5. The highest BCUT2D eigenvalue weighted by molar-refractivity contribution is 7.89. The SMILES string of the molecule is NS(=O)(=O)c1cccc(NC(=O)COC2CCNCC2)c1. The second kappa shape index (κ2) is 6.99. The maximum atomic E-state index is 11.8. The Morgan fingerprint density at radius 1 is 1.38 bits per heavy atom. The minimum atomic E-state index is -3.78. The molecule has 1 aliphatic rings. The number of benzene rings is 1. The number of anilines is 1. The molecule has 2 rings (SSSR count). The van der Waals surface area contributed by atoms with E-state index in [1.54, 1.807) is 6.07 Å². The van der Waals surface area contributed by atoms with E-state index in [1.165, 1.54) is 18.2 Å². The van der Waals surface area contributed by atoms with Crippen LogP contribution in [0.3, 0.4) is 0 Å². The smallest absolute Gasteiger partial charge is 0.250 e. The van der Waals surface area contributed by atoms with Gasteiger partial charge < -0.3 is 15.4 Å². The first kappa shape index (κ1) is 15.9. The predicted octanol–water partition coefficient (Wildman–Crippen LogP) is 0.0411. The fourth-order valence-corrected chi connectivity index (χ4v) is 2.66. The van der Waals surface area contributed by atoms with E-state index in [1.807, 2.05) is 0 Å². The molecule has 0 spiro atoms. The number of carbonyl (C=O) groups is 1. The van der Waals surface area contributed by atoms with E-state index in [9.17, 15) is 13.2 Å². The van der Waals surface area contributed by atoms with Crippen molar-refractivity contribution in [2.24, 2.45) is 5.14 Å². The molecule has 8 heteroatoms. The third-order valence-electron chi connectivity index (χ3n) is 3.18. The van der Waals surface area contributed by atoms with Crippen molar-refractivity contribution in [2.45, 2.75) is 23.8 Å². The van der Waals surface area contributed by atoms with E-state index < -0.39 is 10.0 Å². The number of amides is 1. The summed E-state index contributed by atoms with van der Waals surface area (Å²) in [6.07, 6.45) is 1.86. The summed E-state index contributed by atoms with van der Waals surface area (Å²) in [7, 11) is -3.78. The zero-order chi connectivity index (χ0) is 15.3. The highest BCUT2D eigenvalue weighted by Crippen LogP contribution is 2.14. The molecule has 1 aliphatic heterocycles. The topological polar surface area (TPSA) is 111 Å². The van der Waals surface area contributed by atoms with Crippen LogP contribution < -0.4 is 15.8 Å². The summed E-state index contributed by atoms with van der Waals surface area (Å²) in [5.41, 5.74) is 0.375. The number of sulfonamides is 1. The molecule has 0 aliphatic carbocycles. The Kier molecular flexibility index (Phi) is 5.29. The first-order chi connectivity index (χ1) is 9.95. The van der Waals surface area contributed by atoms with Crippen LogP contribution >= 0.6 is 0 Å². The van der Waals surface area contributed by atoms with Gasteiger partial charge in [-0.1, -0.05) is 6.07 Å². The first-order valence-corrected chi connectivity index (χ1v) is 8.25. The molecule has 1 aromatic carbocycles. The van der Waals surface area contributed by atoms with Gasteiger partial charge in [0.15, 0.2) is 0 Å². The maximum Gasteiger partial charge on any atom is 0.250 e. The van der Waals surface area contributed by atoms with E-state index in [-0.39, 0.29) is 23.5 Å². The van der Waals surface area contributed by atoms with Gasteiger partial charge in [0.1, 0.15) is 6.61 Å². The summed E-state index contributed by atoms with van der Waals surface area (Å²) in [5, 5.41) is 10.8. The highest BCUT2D eigenvalue weighted by Gasteiger charge is 2.15. The van der Waals surface area contributed by atoms with Gasteiger partial charge in [0.05, 0.1) is 11.0 Å². The van der Waals surface area contributed by atoms with Crippen LogP contribution in [0.1, 0.15) is 12.8 Å². The Bertz CT molecular complexity index is 597. The molecule has 0 aromatic heterocycles. The number of ether oxygens (including phenoxy) is 1. The predicted molar refractivity (Wildman–Crippen MR) is 78.3 cm³/mol. The third-order valence-corrected chi connectivity index (χ3v) is 4.09. The number of hydrogen-bond donors (Lipinski definition) is 3. The molecule has 1 heterocycles. The largest absolute Gasteiger partial charge is 0.368 e. The molecule has 0 atom stereocenters. The Labute approximate surface area is 123 Å². The van der Waals surface area contributed by atoms with Crippen molar-refractivity contribution < 1.29 is 17.9 Å². The lowest BCUT2D eigenvalue weighted by atomic mass is 10.1. The molecule has 0 unspecified atom stereocenters. The standard InChI is InChI=1S/C13H19N3O4S/c14-21(18,19)12-3-1-2-10(8-12)16-13(17)9-20-11-4-6-15-7-5-11/h1-3,8,11,15H,4-7,9H2,(H,16,17)(H2,14,18,19). The second-order valence-corrected chi connectivity index (χ2v) is 6.44. The van der Waals surface area contributed by atoms with E-state index in [4.69, 9.17) is 9.88 Å². The van der Waals surface area contributed by atoms with Gasteiger partial charge in [-0.05, 0) is 44.1 Å². The van der Waals surface area contributed by atoms with Crippen molar-refractivity contribution in [1.29, 1.82) is 0 Å². The minimum absolute atomic E-state index is 0.0421. The summed E-state index contributed by atoms with van der Waals surface area (Å²) in [6, 6.07) is 5.80. The quantitative estimate of drug-likeness (QED) is 0.711. The average Bonchev–Trinajstić information content (AvgIpc) is 2.46. The monoisotopic (exact) mass is 313 g/mol. The van der Waals surface area contributed by atoms with E-state index in [0.717, 1.165) is 25.9 Å². The molecule has 0 radical (unpaired) electrons. The number of nitrogens with one attached hydrogen (secondary N) is 2. The third kappa shape index (κ3) is 5.09. The second-order valence-electron chi connectivity index (χ2n) is 4.88. The molecule has 0 bridgehead atoms. The van der Waals surface area contributed by atoms with E-state index in [0.29, 0.717) is 5.69 Å². The van der Waals surface area contributed by atoms with E-state index in [2.05, 4.69) is 10.6 Å². The summed E-state index contributed by atoms with van der Waals surface area (Å²) in [6.45, 7) is 1.73. The fourth-order valence-electron chi connectivity index (χ4n) is 2.10. The lowest BCUT2D eigenvalue weighted by Crippen LogP contribution is -2.34. The summed E-state index contributed by atoms with van der Waals surface area (Å²) < 4.78 is 28.0. The fraction of sp³-hybridized carbons (Fsp3) is 0.462. The van der Waals surface area contributed by atoms with Gasteiger partial charge in [-0.2, -0.15) is 0 Å². The van der Waals surface area contributed by atoms with Crippen LogP contribution in [0.2, 0.25) is 0 Å². The van der Waals surface area contributed by atoms with Crippen LogP contribution in [-0.4, -0.2) is 40.1 Å². The molecular formula is C13H19N3O4S. The lowest BCUT2D eigenvalue weighted by Gasteiger charge is -2.22. The van der Waals surface area contributed by atoms with Crippen LogP contribution in [0.5, 0.6) is 0 Å². The van der Waals surface area contributed by atoms with E-state index >= 15 is 0 Å². The lowest BCUT2D eigenvalue weighted by molar-refractivity contribution is -0.123. The molecule has 4 N–H and O–H groups in total. The first-order valence-electron chi connectivity index (χ1n) is 6.70. The molecule has 1 fully saturated rings. The molecule has 116 valence electrons. The molecule has 7 nitrogen and oxygen atoms in total. The minimum Gasteiger partial charge on any atom is -0.368 e. The summed E-state index contributed by atoms with van der Waals surface area (Å²) >= 11 is 0. The molecule has 1 amide bonds. The molecule has 1 saturated heterocycles. The zero-order valence-electron chi connectivity index (χ0n) is 11.5. The van der Waals surface area contributed by atoms with Crippen LogP contribution in [-0.2, 0) is 19.6 Å². The van der Waals surface area contributed by atoms with Crippen molar-refractivity contribution in [2.75, 3.05) is 25.0 Å². The molecule has 21 heavy (non-hydrogen) atoms. The average molecular weight is 313 g/mol. The van der Waals surface area contributed by atoms with Gasteiger partial charge in [0.2, 0.25) is 15.9 Å². The Morgan fingerprint density at radius 2 is 2.10 bits per heavy atom. The van der Waals surface area contributed by atoms with Crippen LogP contribution in [0.25, 0.3) is 0 Å². The van der Waals surface area contributed by atoms with Crippen LogP contribution in [0, 0.1) is 0 Å². The van der Waals surface area contributed by atoms with Crippen molar-refractivity contribution in [1.82, 2.24) is 5.32 Å². The summed E-state index contributed by atoms with van der Waals surface area (Å²) in [5.74, 6) is -0.319. The van der Waals surface area contributed by atoms with Gasteiger partial charge in [-0.15, -0.1) is 0 Å². The Balaban J connectivity index is 1.87. The van der Waals surface area contributed by atoms with Crippen molar-refractivity contribution in [3.05, 3.63) is 24.3 Å². The number of hydrogen-bond acceptors (Lipinski definition) is 5. The van der Waals surface area contributed by atoms with Gasteiger partial charge >= 0.3 is 0 Å².